The Hall–Kier alpha value is 0.01000. The molecule has 1 saturated carbocycles. The van der Waals surface area contributed by atoms with E-state index >= 15 is 0 Å². The summed E-state index contributed by atoms with van der Waals surface area (Å²) in [6, 6.07) is 2.72. The van der Waals surface area contributed by atoms with Crippen molar-refractivity contribution in [1.82, 2.24) is 5.32 Å². The molecule has 1 N–H and O–H groups in total. The summed E-state index contributed by atoms with van der Waals surface area (Å²) in [5.41, 5.74) is 1.43. The summed E-state index contributed by atoms with van der Waals surface area (Å²) < 4.78 is 0.503. The van der Waals surface area contributed by atoms with Gasteiger partial charge < -0.3 is 5.32 Å². The van der Waals surface area contributed by atoms with E-state index < -0.39 is 0 Å². The fourth-order valence-corrected chi connectivity index (χ4v) is 4.31. The molecule has 1 aromatic heterocycles. The van der Waals surface area contributed by atoms with Crippen LogP contribution in [0.25, 0.3) is 0 Å². The lowest BCUT2D eigenvalue weighted by Crippen LogP contribution is -2.40. The molecule has 1 aromatic rings. The van der Waals surface area contributed by atoms with Crippen molar-refractivity contribution in [1.29, 1.82) is 0 Å². The number of thiophene rings is 1. The van der Waals surface area contributed by atoms with E-state index in [0.29, 0.717) is 10.8 Å². The van der Waals surface area contributed by atoms with E-state index in [1.54, 1.807) is 11.3 Å². The van der Waals surface area contributed by atoms with Crippen LogP contribution in [-0.4, -0.2) is 17.5 Å². The average molecular weight is 269 g/mol. The van der Waals surface area contributed by atoms with Gasteiger partial charge in [0.05, 0.1) is 0 Å². The van der Waals surface area contributed by atoms with Crippen LogP contribution in [0.1, 0.15) is 50.6 Å². The van der Waals surface area contributed by atoms with Crippen LogP contribution < -0.4 is 5.32 Å². The van der Waals surface area contributed by atoms with Crippen LogP contribution in [0.5, 0.6) is 0 Å². The third kappa shape index (κ3) is 3.49. The Morgan fingerprint density at radius 3 is 2.76 bits per heavy atom. The van der Waals surface area contributed by atoms with Crippen molar-refractivity contribution in [3.63, 3.8) is 0 Å². The molecule has 1 nitrogen and oxygen atoms in total. The number of hydrogen-bond acceptors (Lipinski definition) is 3. The number of hydrogen-bond donors (Lipinski definition) is 1. The Labute approximate surface area is 113 Å². The van der Waals surface area contributed by atoms with Crippen molar-refractivity contribution in [3.8, 4) is 0 Å². The van der Waals surface area contributed by atoms with Crippen LogP contribution in [-0.2, 0) is 0 Å². The van der Waals surface area contributed by atoms with Gasteiger partial charge in [-0.15, -0.1) is 0 Å². The molecule has 1 atom stereocenters. The van der Waals surface area contributed by atoms with E-state index in [0.717, 1.165) is 6.54 Å². The van der Waals surface area contributed by atoms with E-state index in [1.165, 1.54) is 37.7 Å². The van der Waals surface area contributed by atoms with Crippen LogP contribution >= 0.6 is 23.1 Å². The fraction of sp³-hybridized carbons (Fsp3) is 0.714. The highest BCUT2D eigenvalue weighted by Gasteiger charge is 2.31. The summed E-state index contributed by atoms with van der Waals surface area (Å²) >= 11 is 3.86. The first-order chi connectivity index (χ1) is 8.26. The summed E-state index contributed by atoms with van der Waals surface area (Å²) in [6.07, 6.45) is 9.31. The van der Waals surface area contributed by atoms with Crippen LogP contribution in [0.4, 0.5) is 0 Å². The fourth-order valence-electron chi connectivity index (χ4n) is 2.63. The Kier molecular flexibility index (Phi) is 4.95. The Bertz CT molecular complexity index is 315. The lowest BCUT2D eigenvalue weighted by molar-refractivity contribution is 0.367. The SMILES string of the molecule is CSC1(CNC(C)c2ccsc2)CCCCC1. The van der Waals surface area contributed by atoms with E-state index in [-0.39, 0.29) is 0 Å². The second kappa shape index (κ2) is 6.26. The highest BCUT2D eigenvalue weighted by Crippen LogP contribution is 2.38. The van der Waals surface area contributed by atoms with Gasteiger partial charge in [0.1, 0.15) is 0 Å². The molecule has 0 radical (unpaired) electrons. The summed E-state index contributed by atoms with van der Waals surface area (Å²) in [5, 5.41) is 8.15. The van der Waals surface area contributed by atoms with E-state index in [4.69, 9.17) is 0 Å². The maximum atomic E-state index is 3.73. The van der Waals surface area contributed by atoms with E-state index in [1.807, 2.05) is 0 Å². The van der Waals surface area contributed by atoms with Crippen molar-refractivity contribution in [2.45, 2.75) is 49.8 Å². The summed E-state index contributed by atoms with van der Waals surface area (Å²) in [7, 11) is 0. The maximum Gasteiger partial charge on any atom is 0.0300 e. The minimum absolute atomic E-state index is 0.493. The standard InChI is InChI=1S/C14H23NS2/c1-12(13-6-9-17-10-13)15-11-14(16-2)7-4-3-5-8-14/h6,9-10,12,15H,3-5,7-8,11H2,1-2H3. The predicted octanol–water partition coefficient (Wildman–Crippen LogP) is 4.46. The molecule has 1 heterocycles. The molecule has 96 valence electrons. The normalized spacial score (nSPS) is 21.3. The minimum Gasteiger partial charge on any atom is -0.309 e. The highest BCUT2D eigenvalue weighted by molar-refractivity contribution is 8.00. The van der Waals surface area contributed by atoms with Gasteiger partial charge in [-0.1, -0.05) is 19.3 Å². The van der Waals surface area contributed by atoms with Gasteiger partial charge in [-0.05, 0) is 48.4 Å². The first-order valence-electron chi connectivity index (χ1n) is 6.56. The molecule has 0 aliphatic heterocycles. The quantitative estimate of drug-likeness (QED) is 0.846. The van der Waals surface area contributed by atoms with Crippen molar-refractivity contribution in [3.05, 3.63) is 22.4 Å². The molecule has 0 bridgehead atoms. The second-order valence-electron chi connectivity index (χ2n) is 5.11. The summed E-state index contributed by atoms with van der Waals surface area (Å²) in [4.78, 5) is 0. The molecule has 1 unspecified atom stereocenters. The highest BCUT2D eigenvalue weighted by atomic mass is 32.2. The van der Waals surface area contributed by atoms with Crippen molar-refractivity contribution >= 4 is 23.1 Å². The van der Waals surface area contributed by atoms with Gasteiger partial charge in [-0.2, -0.15) is 23.1 Å². The van der Waals surface area contributed by atoms with Gasteiger partial charge in [-0.25, -0.2) is 0 Å². The van der Waals surface area contributed by atoms with Crippen LogP contribution in [0.15, 0.2) is 16.8 Å². The monoisotopic (exact) mass is 269 g/mol. The molecule has 0 amide bonds. The van der Waals surface area contributed by atoms with Gasteiger partial charge in [0.15, 0.2) is 0 Å². The molecular formula is C14H23NS2. The molecular weight excluding hydrogens is 246 g/mol. The smallest absolute Gasteiger partial charge is 0.0300 e. The third-order valence-electron chi connectivity index (χ3n) is 3.97. The van der Waals surface area contributed by atoms with Gasteiger partial charge in [0.25, 0.3) is 0 Å². The zero-order valence-electron chi connectivity index (χ0n) is 10.9. The van der Waals surface area contributed by atoms with E-state index in [9.17, 15) is 0 Å². The lowest BCUT2D eigenvalue weighted by Gasteiger charge is -2.37. The minimum atomic E-state index is 0.493. The van der Waals surface area contributed by atoms with E-state index in [2.05, 4.69) is 47.1 Å². The van der Waals surface area contributed by atoms with Crippen LogP contribution in [0, 0.1) is 0 Å². The zero-order chi connectivity index (χ0) is 12.1. The Balaban J connectivity index is 1.87. The molecule has 1 aliphatic carbocycles. The largest absolute Gasteiger partial charge is 0.309 e. The van der Waals surface area contributed by atoms with Gasteiger partial charge in [-0.3, -0.25) is 0 Å². The molecule has 1 aliphatic rings. The summed E-state index contributed by atoms with van der Waals surface area (Å²) in [6.45, 7) is 3.43. The number of nitrogens with one attached hydrogen (secondary N) is 1. The van der Waals surface area contributed by atoms with Gasteiger partial charge in [0, 0.05) is 17.3 Å². The first kappa shape index (κ1) is 13.4. The molecule has 2 rings (SSSR count). The van der Waals surface area contributed by atoms with Crippen molar-refractivity contribution in [2.75, 3.05) is 12.8 Å². The van der Waals surface area contributed by atoms with Gasteiger partial charge >= 0.3 is 0 Å². The number of rotatable bonds is 5. The molecule has 17 heavy (non-hydrogen) atoms. The zero-order valence-corrected chi connectivity index (χ0v) is 12.5. The van der Waals surface area contributed by atoms with Gasteiger partial charge in [0.2, 0.25) is 0 Å². The Morgan fingerprint density at radius 2 is 2.18 bits per heavy atom. The topological polar surface area (TPSA) is 12.0 Å². The molecule has 1 fully saturated rings. The number of thioether (sulfide) groups is 1. The molecule has 3 heteroatoms. The third-order valence-corrected chi connectivity index (χ3v) is 6.09. The Morgan fingerprint density at radius 1 is 1.41 bits per heavy atom. The molecule has 0 saturated heterocycles. The summed E-state index contributed by atoms with van der Waals surface area (Å²) in [5.74, 6) is 0. The van der Waals surface area contributed by atoms with Crippen LogP contribution in [0.2, 0.25) is 0 Å². The molecule has 0 spiro atoms. The van der Waals surface area contributed by atoms with Crippen LogP contribution in [0.3, 0.4) is 0 Å². The van der Waals surface area contributed by atoms with Crippen molar-refractivity contribution in [2.24, 2.45) is 0 Å². The predicted molar refractivity (Wildman–Crippen MR) is 80.1 cm³/mol. The average Bonchev–Trinajstić information content (AvgIpc) is 2.91. The second-order valence-corrected chi connectivity index (χ2v) is 7.16. The maximum absolute atomic E-state index is 3.73. The lowest BCUT2D eigenvalue weighted by atomic mass is 9.88. The molecule has 0 aromatic carbocycles. The van der Waals surface area contributed by atoms with Crippen molar-refractivity contribution < 1.29 is 0 Å². The first-order valence-corrected chi connectivity index (χ1v) is 8.73.